The Morgan fingerprint density at radius 2 is 2.20 bits per heavy atom. The molecule has 104 valence electrons. The SMILES string of the molecule is C=CCNC(=O)COc1nn(-c2ccccc2)cc1Cl. The van der Waals surface area contributed by atoms with E-state index in [0.717, 1.165) is 5.69 Å². The fraction of sp³-hybridized carbons (Fsp3) is 0.143. The monoisotopic (exact) mass is 291 g/mol. The van der Waals surface area contributed by atoms with Gasteiger partial charge in [-0.3, -0.25) is 4.79 Å². The molecule has 1 amide bonds. The van der Waals surface area contributed by atoms with Gasteiger partial charge in [0, 0.05) is 6.54 Å². The number of carbonyl (C=O) groups is 1. The van der Waals surface area contributed by atoms with Crippen LogP contribution < -0.4 is 10.1 Å². The predicted octanol–water partition coefficient (Wildman–Crippen LogP) is 2.21. The summed E-state index contributed by atoms with van der Waals surface area (Å²) in [5.74, 6) is -0.0282. The lowest BCUT2D eigenvalue weighted by atomic mass is 10.3. The molecule has 0 aliphatic carbocycles. The Morgan fingerprint density at radius 1 is 1.45 bits per heavy atom. The molecule has 0 unspecified atom stereocenters. The molecule has 1 N–H and O–H groups in total. The molecule has 0 aliphatic rings. The van der Waals surface area contributed by atoms with Crippen LogP contribution in [0.2, 0.25) is 5.02 Å². The lowest BCUT2D eigenvalue weighted by Gasteiger charge is -2.03. The van der Waals surface area contributed by atoms with Gasteiger partial charge in [0.05, 0.1) is 11.9 Å². The highest BCUT2D eigenvalue weighted by Crippen LogP contribution is 2.23. The lowest BCUT2D eigenvalue weighted by molar-refractivity contribution is -0.122. The molecule has 2 aromatic rings. The molecule has 1 aromatic heterocycles. The van der Waals surface area contributed by atoms with Crippen LogP contribution in [0, 0.1) is 0 Å². The number of hydrogen-bond acceptors (Lipinski definition) is 3. The Bertz CT molecular complexity index is 596. The Balaban J connectivity index is 2.01. The Morgan fingerprint density at radius 3 is 2.90 bits per heavy atom. The zero-order valence-corrected chi connectivity index (χ0v) is 11.5. The average molecular weight is 292 g/mol. The number of hydrogen-bond donors (Lipinski definition) is 1. The van der Waals surface area contributed by atoms with Gasteiger partial charge in [-0.1, -0.05) is 35.9 Å². The number of nitrogens with zero attached hydrogens (tertiary/aromatic N) is 2. The van der Waals surface area contributed by atoms with Gasteiger partial charge in [0.15, 0.2) is 6.61 Å². The van der Waals surface area contributed by atoms with E-state index in [2.05, 4.69) is 17.0 Å². The van der Waals surface area contributed by atoms with Crippen LogP contribution in [-0.4, -0.2) is 28.8 Å². The molecule has 0 bridgehead atoms. The molecule has 2 rings (SSSR count). The van der Waals surface area contributed by atoms with E-state index < -0.39 is 0 Å². The molecule has 0 radical (unpaired) electrons. The summed E-state index contributed by atoms with van der Waals surface area (Å²) in [6.07, 6.45) is 3.23. The van der Waals surface area contributed by atoms with E-state index >= 15 is 0 Å². The minimum atomic E-state index is -0.254. The third-order valence-electron chi connectivity index (χ3n) is 2.44. The third kappa shape index (κ3) is 3.61. The van der Waals surface area contributed by atoms with Crippen molar-refractivity contribution >= 4 is 17.5 Å². The molecule has 0 saturated carbocycles. The summed E-state index contributed by atoms with van der Waals surface area (Å²) in [5.41, 5.74) is 0.861. The normalized spacial score (nSPS) is 10.1. The largest absolute Gasteiger partial charge is 0.465 e. The number of carbonyl (C=O) groups excluding carboxylic acids is 1. The molecular formula is C14H14ClN3O2. The molecular weight excluding hydrogens is 278 g/mol. The van der Waals surface area contributed by atoms with Gasteiger partial charge in [0.25, 0.3) is 11.8 Å². The first-order chi connectivity index (χ1) is 9.70. The van der Waals surface area contributed by atoms with E-state index in [1.54, 1.807) is 17.0 Å². The van der Waals surface area contributed by atoms with Gasteiger partial charge in [-0.25, -0.2) is 4.68 Å². The summed E-state index contributed by atoms with van der Waals surface area (Å²) in [6, 6.07) is 9.49. The average Bonchev–Trinajstić information content (AvgIpc) is 2.85. The summed E-state index contributed by atoms with van der Waals surface area (Å²) >= 11 is 6.03. The number of halogens is 1. The Kier molecular flexibility index (Phi) is 4.79. The summed E-state index contributed by atoms with van der Waals surface area (Å²) < 4.78 is 6.88. The summed E-state index contributed by atoms with van der Waals surface area (Å²) in [7, 11) is 0. The van der Waals surface area contributed by atoms with Crippen molar-refractivity contribution in [1.82, 2.24) is 15.1 Å². The van der Waals surface area contributed by atoms with Gasteiger partial charge in [-0.2, -0.15) is 0 Å². The standard InChI is InChI=1S/C14H14ClN3O2/c1-2-8-16-13(19)10-20-14-12(15)9-18(17-14)11-6-4-3-5-7-11/h2-7,9H,1,8,10H2,(H,16,19). The maximum Gasteiger partial charge on any atom is 0.258 e. The van der Waals surface area contributed by atoms with Crippen molar-refractivity contribution in [2.24, 2.45) is 0 Å². The van der Waals surface area contributed by atoms with Gasteiger partial charge in [-0.15, -0.1) is 11.7 Å². The van der Waals surface area contributed by atoms with Crippen molar-refractivity contribution in [1.29, 1.82) is 0 Å². The highest BCUT2D eigenvalue weighted by atomic mass is 35.5. The van der Waals surface area contributed by atoms with Gasteiger partial charge in [0.2, 0.25) is 0 Å². The summed E-state index contributed by atoms with van der Waals surface area (Å²) in [4.78, 5) is 11.4. The number of nitrogens with one attached hydrogen (secondary N) is 1. The van der Waals surface area contributed by atoms with Crippen molar-refractivity contribution in [2.75, 3.05) is 13.2 Å². The highest BCUT2D eigenvalue weighted by Gasteiger charge is 2.11. The molecule has 1 heterocycles. The van der Waals surface area contributed by atoms with Gasteiger partial charge >= 0.3 is 0 Å². The number of rotatable bonds is 6. The lowest BCUT2D eigenvalue weighted by Crippen LogP contribution is -2.28. The first-order valence-electron chi connectivity index (χ1n) is 6.01. The topological polar surface area (TPSA) is 56.1 Å². The van der Waals surface area contributed by atoms with E-state index in [0.29, 0.717) is 11.6 Å². The number of aromatic nitrogens is 2. The van der Waals surface area contributed by atoms with Gasteiger partial charge in [0.1, 0.15) is 5.02 Å². The summed E-state index contributed by atoms with van der Waals surface area (Å²) in [5, 5.41) is 7.15. The van der Waals surface area contributed by atoms with E-state index in [9.17, 15) is 4.79 Å². The smallest absolute Gasteiger partial charge is 0.258 e. The maximum absolute atomic E-state index is 11.4. The highest BCUT2D eigenvalue weighted by molar-refractivity contribution is 6.31. The second-order valence-electron chi connectivity index (χ2n) is 3.94. The zero-order chi connectivity index (χ0) is 14.4. The van der Waals surface area contributed by atoms with Crippen LogP contribution in [0.3, 0.4) is 0 Å². The van der Waals surface area contributed by atoms with Gasteiger partial charge in [-0.05, 0) is 12.1 Å². The second kappa shape index (κ2) is 6.77. The minimum Gasteiger partial charge on any atom is -0.465 e. The second-order valence-corrected chi connectivity index (χ2v) is 4.35. The van der Waals surface area contributed by atoms with Crippen molar-refractivity contribution in [2.45, 2.75) is 0 Å². The molecule has 0 aliphatic heterocycles. The van der Waals surface area contributed by atoms with Gasteiger partial charge < -0.3 is 10.1 Å². The van der Waals surface area contributed by atoms with Crippen LogP contribution in [0.15, 0.2) is 49.2 Å². The van der Waals surface area contributed by atoms with E-state index in [1.807, 2.05) is 30.3 Å². The molecule has 5 nitrogen and oxygen atoms in total. The predicted molar refractivity (Wildman–Crippen MR) is 77.3 cm³/mol. The Hall–Kier alpha value is -2.27. The fourth-order valence-electron chi connectivity index (χ4n) is 1.52. The third-order valence-corrected chi connectivity index (χ3v) is 2.70. The molecule has 6 heteroatoms. The van der Waals surface area contributed by atoms with Crippen LogP contribution >= 0.6 is 11.6 Å². The van der Waals surface area contributed by atoms with Crippen LogP contribution in [0.25, 0.3) is 5.69 Å². The Labute approximate surface area is 121 Å². The van der Waals surface area contributed by atoms with Crippen molar-refractivity contribution in [3.05, 3.63) is 54.2 Å². The number of para-hydroxylation sites is 1. The van der Waals surface area contributed by atoms with Crippen LogP contribution in [-0.2, 0) is 4.79 Å². The molecule has 1 aromatic carbocycles. The van der Waals surface area contributed by atoms with Crippen LogP contribution in [0.1, 0.15) is 0 Å². The fourth-order valence-corrected chi connectivity index (χ4v) is 1.70. The first-order valence-corrected chi connectivity index (χ1v) is 6.39. The van der Waals surface area contributed by atoms with E-state index in [1.165, 1.54) is 0 Å². The van der Waals surface area contributed by atoms with E-state index in [4.69, 9.17) is 16.3 Å². The zero-order valence-electron chi connectivity index (χ0n) is 10.8. The van der Waals surface area contributed by atoms with Crippen LogP contribution in [0.4, 0.5) is 0 Å². The minimum absolute atomic E-state index is 0.140. The number of benzene rings is 1. The molecule has 0 saturated heterocycles. The molecule has 0 fully saturated rings. The van der Waals surface area contributed by atoms with Crippen molar-refractivity contribution in [3.8, 4) is 11.6 Å². The van der Waals surface area contributed by atoms with Crippen molar-refractivity contribution < 1.29 is 9.53 Å². The maximum atomic E-state index is 11.4. The number of ether oxygens (including phenoxy) is 1. The quantitative estimate of drug-likeness (QED) is 0.830. The summed E-state index contributed by atoms with van der Waals surface area (Å²) in [6.45, 7) is 3.77. The molecule has 0 atom stereocenters. The number of amides is 1. The first kappa shape index (κ1) is 14.1. The molecule has 20 heavy (non-hydrogen) atoms. The molecule has 0 spiro atoms. The van der Waals surface area contributed by atoms with Crippen LogP contribution in [0.5, 0.6) is 5.88 Å². The van der Waals surface area contributed by atoms with Crippen molar-refractivity contribution in [3.63, 3.8) is 0 Å². The van der Waals surface area contributed by atoms with E-state index in [-0.39, 0.29) is 18.4 Å².